The Morgan fingerprint density at radius 2 is 1.76 bits per heavy atom. The van der Waals surface area contributed by atoms with Gasteiger partial charge in [0.15, 0.2) is 11.5 Å². The number of phenols is 2. The van der Waals surface area contributed by atoms with Gasteiger partial charge in [0, 0.05) is 18.4 Å². The Kier molecular flexibility index (Phi) is 7.86. The molecule has 2 rings (SSSR count). The summed E-state index contributed by atoms with van der Waals surface area (Å²) in [6, 6.07) is 9.16. The number of ether oxygens (including phenoxy) is 2. The third-order valence-corrected chi connectivity index (χ3v) is 4.78. The maximum Gasteiger partial charge on any atom is 0.264 e. The van der Waals surface area contributed by atoms with E-state index in [-0.39, 0.29) is 43.2 Å². The first kappa shape index (κ1) is 22.5. The second-order valence-electron chi connectivity index (χ2n) is 6.41. The monoisotopic (exact) mass is 424 g/mol. The van der Waals surface area contributed by atoms with E-state index in [9.17, 15) is 23.4 Å². The number of ketones is 1. The van der Waals surface area contributed by atoms with E-state index in [2.05, 4.69) is 0 Å². The van der Waals surface area contributed by atoms with Crippen LogP contribution in [0.4, 0.5) is 0 Å². The van der Waals surface area contributed by atoms with Crippen molar-refractivity contribution in [2.45, 2.75) is 26.2 Å². The molecule has 0 aliphatic carbocycles. The fraction of sp³-hybridized carbons (Fsp3) is 0.350. The molecule has 3 N–H and O–H groups in total. The van der Waals surface area contributed by atoms with Crippen molar-refractivity contribution in [2.75, 3.05) is 19.0 Å². The third kappa shape index (κ3) is 7.63. The van der Waals surface area contributed by atoms with E-state index in [4.69, 9.17) is 14.0 Å². The van der Waals surface area contributed by atoms with Crippen LogP contribution in [0.3, 0.4) is 0 Å². The predicted molar refractivity (Wildman–Crippen MR) is 106 cm³/mol. The van der Waals surface area contributed by atoms with Crippen LogP contribution in [0, 0.1) is 0 Å². The number of carbonyl (C=O) groups is 1. The quantitative estimate of drug-likeness (QED) is 0.370. The van der Waals surface area contributed by atoms with Crippen molar-refractivity contribution >= 4 is 15.9 Å². The molecule has 0 aliphatic heterocycles. The Morgan fingerprint density at radius 3 is 2.41 bits per heavy atom. The van der Waals surface area contributed by atoms with Gasteiger partial charge in [-0.1, -0.05) is 6.07 Å². The molecule has 2 aromatic rings. The highest BCUT2D eigenvalue weighted by Gasteiger charge is 2.12. The molecule has 0 saturated heterocycles. The highest BCUT2D eigenvalue weighted by Crippen LogP contribution is 2.28. The maximum atomic E-state index is 12.4. The van der Waals surface area contributed by atoms with E-state index in [1.54, 1.807) is 19.1 Å². The number of phenolic OH excluding ortho intramolecular Hbond substituents is 2. The summed E-state index contributed by atoms with van der Waals surface area (Å²) < 4.78 is 40.7. The Balaban J connectivity index is 1.96. The van der Waals surface area contributed by atoms with Crippen molar-refractivity contribution in [1.29, 1.82) is 0 Å². The van der Waals surface area contributed by atoms with Crippen LogP contribution in [0.25, 0.3) is 0 Å². The lowest BCUT2D eigenvalue weighted by Gasteiger charge is -2.10. The summed E-state index contributed by atoms with van der Waals surface area (Å²) in [5.41, 5.74) is 0.991. The van der Waals surface area contributed by atoms with Crippen LogP contribution in [0.5, 0.6) is 23.0 Å². The molecule has 0 fully saturated rings. The molecular formula is C20H24O8S. The molecule has 0 saturated carbocycles. The highest BCUT2D eigenvalue weighted by molar-refractivity contribution is 7.85. The summed E-state index contributed by atoms with van der Waals surface area (Å²) in [4.78, 5) is 12.4. The number of carbonyl (C=O) groups excluding carboxylic acids is 1. The van der Waals surface area contributed by atoms with E-state index >= 15 is 0 Å². The van der Waals surface area contributed by atoms with Crippen molar-refractivity contribution in [3.05, 3.63) is 47.5 Å². The molecule has 0 heterocycles. The fourth-order valence-corrected chi connectivity index (χ4v) is 3.16. The molecule has 8 nitrogen and oxygen atoms in total. The molecule has 9 heteroatoms. The Bertz CT molecular complexity index is 953. The number of rotatable bonds is 11. The number of benzene rings is 2. The van der Waals surface area contributed by atoms with Crippen molar-refractivity contribution in [3.8, 4) is 23.0 Å². The molecule has 0 unspecified atom stereocenters. The van der Waals surface area contributed by atoms with Crippen LogP contribution in [-0.4, -0.2) is 47.9 Å². The zero-order valence-corrected chi connectivity index (χ0v) is 16.8. The van der Waals surface area contributed by atoms with E-state index in [1.807, 2.05) is 0 Å². The van der Waals surface area contributed by atoms with Crippen molar-refractivity contribution < 1.29 is 37.5 Å². The molecule has 0 atom stereocenters. The first-order valence-corrected chi connectivity index (χ1v) is 10.6. The highest BCUT2D eigenvalue weighted by atomic mass is 32.2. The van der Waals surface area contributed by atoms with Gasteiger partial charge in [0.1, 0.15) is 17.3 Å². The molecule has 158 valence electrons. The van der Waals surface area contributed by atoms with Gasteiger partial charge in [0.2, 0.25) is 0 Å². The van der Waals surface area contributed by atoms with Crippen molar-refractivity contribution in [3.63, 3.8) is 0 Å². The van der Waals surface area contributed by atoms with Gasteiger partial charge in [-0.05, 0) is 49.2 Å². The first-order chi connectivity index (χ1) is 13.7. The van der Waals surface area contributed by atoms with Gasteiger partial charge in [-0.25, -0.2) is 0 Å². The SMILES string of the molecule is CCOc1ccc(CC(=O)Cc2cc(OCCCS(=O)(=O)O)ccc2O)cc1O. The van der Waals surface area contributed by atoms with E-state index in [0.717, 1.165) is 0 Å². The zero-order valence-electron chi connectivity index (χ0n) is 16.0. The van der Waals surface area contributed by atoms with Crippen LogP contribution >= 0.6 is 0 Å². The summed E-state index contributed by atoms with van der Waals surface area (Å²) in [6.45, 7) is 2.28. The molecule has 2 aromatic carbocycles. The fourth-order valence-electron chi connectivity index (χ4n) is 2.68. The minimum Gasteiger partial charge on any atom is -0.508 e. The van der Waals surface area contributed by atoms with Crippen LogP contribution in [-0.2, 0) is 27.8 Å². The lowest BCUT2D eigenvalue weighted by molar-refractivity contribution is -0.117. The number of Topliss-reactive ketones (excluding diaryl/α,β-unsaturated/α-hetero) is 1. The van der Waals surface area contributed by atoms with E-state index in [1.165, 1.54) is 24.3 Å². The molecule has 0 aliphatic rings. The molecule has 0 aromatic heterocycles. The molecule has 0 spiro atoms. The number of aromatic hydroxyl groups is 2. The second-order valence-corrected chi connectivity index (χ2v) is 7.98. The Morgan fingerprint density at radius 1 is 1.00 bits per heavy atom. The molecule has 0 radical (unpaired) electrons. The van der Waals surface area contributed by atoms with Crippen LogP contribution < -0.4 is 9.47 Å². The van der Waals surface area contributed by atoms with Crippen LogP contribution in [0.15, 0.2) is 36.4 Å². The molecule has 0 amide bonds. The number of hydrogen-bond acceptors (Lipinski definition) is 7. The maximum absolute atomic E-state index is 12.4. The summed E-state index contributed by atoms with van der Waals surface area (Å²) in [5.74, 6) is 0.0384. The molecular weight excluding hydrogens is 400 g/mol. The average Bonchev–Trinajstić information content (AvgIpc) is 2.63. The zero-order chi connectivity index (χ0) is 21.4. The lowest BCUT2D eigenvalue weighted by Crippen LogP contribution is -2.09. The Labute approximate surface area is 169 Å². The predicted octanol–water partition coefficient (Wildman–Crippen LogP) is 2.51. The van der Waals surface area contributed by atoms with E-state index in [0.29, 0.717) is 29.2 Å². The minimum atomic E-state index is -4.04. The normalized spacial score (nSPS) is 11.2. The van der Waals surface area contributed by atoms with Gasteiger partial charge in [0.25, 0.3) is 10.1 Å². The smallest absolute Gasteiger partial charge is 0.264 e. The molecule has 29 heavy (non-hydrogen) atoms. The summed E-state index contributed by atoms with van der Waals surface area (Å²) in [5, 5.41) is 19.9. The van der Waals surface area contributed by atoms with Gasteiger partial charge in [-0.2, -0.15) is 8.42 Å². The average molecular weight is 424 g/mol. The minimum absolute atomic E-state index is 0.0397. The third-order valence-electron chi connectivity index (χ3n) is 3.98. The van der Waals surface area contributed by atoms with Gasteiger partial charge < -0.3 is 19.7 Å². The van der Waals surface area contributed by atoms with Crippen LogP contribution in [0.1, 0.15) is 24.5 Å². The van der Waals surface area contributed by atoms with Crippen molar-refractivity contribution in [1.82, 2.24) is 0 Å². The largest absolute Gasteiger partial charge is 0.508 e. The topological polar surface area (TPSA) is 130 Å². The first-order valence-electron chi connectivity index (χ1n) is 9.04. The van der Waals surface area contributed by atoms with E-state index < -0.39 is 15.9 Å². The number of hydrogen-bond donors (Lipinski definition) is 3. The second kappa shape index (κ2) is 10.1. The van der Waals surface area contributed by atoms with Gasteiger partial charge in [0.05, 0.1) is 19.0 Å². The van der Waals surface area contributed by atoms with Crippen LogP contribution in [0.2, 0.25) is 0 Å². The summed E-state index contributed by atoms with van der Waals surface area (Å²) >= 11 is 0. The Hall–Kier alpha value is -2.78. The lowest BCUT2D eigenvalue weighted by atomic mass is 10.0. The molecule has 0 bridgehead atoms. The van der Waals surface area contributed by atoms with Gasteiger partial charge in [-0.3, -0.25) is 9.35 Å². The standard InChI is InChI=1S/C20H24O8S/c1-2-27-20-7-4-14(11-19(20)23)10-16(21)12-15-13-17(5-6-18(15)22)28-8-3-9-29(24,25)26/h4-7,11,13,22-23H,2-3,8-10,12H2,1H3,(H,24,25,26). The van der Waals surface area contributed by atoms with Gasteiger partial charge >= 0.3 is 0 Å². The van der Waals surface area contributed by atoms with Crippen molar-refractivity contribution in [2.24, 2.45) is 0 Å². The summed E-state index contributed by atoms with van der Waals surface area (Å²) in [7, 11) is -4.04. The summed E-state index contributed by atoms with van der Waals surface area (Å²) in [6.07, 6.45) is 0.135. The van der Waals surface area contributed by atoms with Gasteiger partial charge in [-0.15, -0.1) is 0 Å².